The number of esters is 1. The molecule has 0 spiro atoms. The number of hydrogen-bond acceptors (Lipinski definition) is 2. The molecule has 1 unspecified atom stereocenters. The van der Waals surface area contributed by atoms with Gasteiger partial charge in [0.15, 0.2) is 0 Å². The highest BCUT2D eigenvalue weighted by atomic mass is 16.6. The van der Waals surface area contributed by atoms with Gasteiger partial charge in [-0.05, 0) is 0 Å². The van der Waals surface area contributed by atoms with Crippen LogP contribution in [0.1, 0.15) is 20.3 Å². The Morgan fingerprint density at radius 1 is 1.75 bits per heavy atom. The van der Waals surface area contributed by atoms with E-state index in [-0.39, 0.29) is 0 Å². The van der Waals surface area contributed by atoms with Crippen molar-refractivity contribution in [2.24, 2.45) is 0 Å². The average molecular weight is 117 g/mol. The molecule has 0 fully saturated rings. The maximum absolute atomic E-state index is 10.3. The van der Waals surface area contributed by atoms with Crippen molar-refractivity contribution in [3.8, 4) is 0 Å². The Bertz CT molecular complexity index is 79.7. The lowest BCUT2D eigenvalue weighted by molar-refractivity contribution is -0.176. The highest BCUT2D eigenvalue weighted by Crippen LogP contribution is 1.92. The van der Waals surface area contributed by atoms with Crippen LogP contribution in [0.25, 0.3) is 0 Å². The molecule has 0 bridgehead atoms. The van der Waals surface area contributed by atoms with Crippen LogP contribution in [0.2, 0.25) is 0 Å². The van der Waals surface area contributed by atoms with Gasteiger partial charge in [-0.1, -0.05) is 6.92 Å². The van der Waals surface area contributed by atoms with Crippen LogP contribution in [0.15, 0.2) is 0 Å². The zero-order valence-corrected chi connectivity index (χ0v) is 5.01. The van der Waals surface area contributed by atoms with Gasteiger partial charge < -0.3 is 4.74 Å². The third kappa shape index (κ3) is 3.61. The fourth-order valence-corrected chi connectivity index (χ4v) is 0.268. The van der Waals surface area contributed by atoms with Crippen molar-refractivity contribution in [1.29, 1.82) is 0 Å². The zero-order chi connectivity index (χ0) is 6.57. The Balaban J connectivity index is 3.24. The van der Waals surface area contributed by atoms with Gasteiger partial charge in [0.2, 0.25) is 6.29 Å². The molecule has 1 atom stereocenters. The molecule has 0 aliphatic carbocycles. The molecule has 3 heteroatoms. The minimum Gasteiger partial charge on any atom is -0.433 e. The van der Waals surface area contributed by atoms with Crippen LogP contribution in [0.5, 0.6) is 0 Å². The fraction of sp³-hybridized carbons (Fsp3) is 0.800. The van der Waals surface area contributed by atoms with E-state index in [1.807, 2.05) is 0 Å². The van der Waals surface area contributed by atoms with Gasteiger partial charge >= 0.3 is 5.97 Å². The molecule has 3 nitrogen and oxygen atoms in total. The molecule has 0 aliphatic rings. The molecule has 8 heavy (non-hydrogen) atoms. The van der Waals surface area contributed by atoms with Crippen molar-refractivity contribution in [1.82, 2.24) is 0 Å². The quantitative estimate of drug-likeness (QED) is 0.395. The Morgan fingerprint density at radius 2 is 2.25 bits per heavy atom. The van der Waals surface area contributed by atoms with Gasteiger partial charge in [0.05, 0.1) is 0 Å². The maximum atomic E-state index is 10.3. The molecule has 0 aromatic rings. The predicted octanol–water partition coefficient (Wildman–Crippen LogP) is 0.716. The first-order valence-corrected chi connectivity index (χ1v) is 2.50. The molecule has 0 saturated carbocycles. The van der Waals surface area contributed by atoms with E-state index >= 15 is 0 Å². The summed E-state index contributed by atoms with van der Waals surface area (Å²) in [4.78, 5) is 9.99. The molecule has 0 rings (SSSR count). The minimum atomic E-state index is -1.17. The number of hydrogen-bond donors (Lipinski definition) is 0. The van der Waals surface area contributed by atoms with E-state index in [0.717, 1.165) is 0 Å². The first kappa shape index (κ1) is 7.43. The summed E-state index contributed by atoms with van der Waals surface area (Å²) in [6.07, 6.45) is -0.841. The van der Waals surface area contributed by atoms with Gasteiger partial charge in [0, 0.05) is 13.3 Å². The Labute approximate surface area is 48.3 Å². The first-order chi connectivity index (χ1) is 3.66. The summed E-state index contributed by atoms with van der Waals surface area (Å²) >= 11 is 0. The topological polar surface area (TPSA) is 46.2 Å². The second kappa shape index (κ2) is 3.43. The van der Waals surface area contributed by atoms with Crippen LogP contribution >= 0.6 is 0 Å². The van der Waals surface area contributed by atoms with E-state index in [4.69, 9.17) is 0 Å². The van der Waals surface area contributed by atoms with Crippen LogP contribution in [0.3, 0.4) is 0 Å². The minimum absolute atomic E-state index is 0.333. The standard InChI is InChI=1S/C5H9O3/c1-3-5(7)8-4(2)6/h5H,3H2,1-2H3. The Kier molecular flexibility index (Phi) is 3.19. The van der Waals surface area contributed by atoms with Crippen molar-refractivity contribution >= 4 is 5.97 Å². The van der Waals surface area contributed by atoms with Crippen LogP contribution in [-0.4, -0.2) is 12.3 Å². The van der Waals surface area contributed by atoms with Gasteiger partial charge in [0.25, 0.3) is 0 Å². The van der Waals surface area contributed by atoms with Crippen molar-refractivity contribution in [2.45, 2.75) is 26.6 Å². The lowest BCUT2D eigenvalue weighted by Gasteiger charge is -2.02. The van der Waals surface area contributed by atoms with Crippen LogP contribution in [0.4, 0.5) is 0 Å². The van der Waals surface area contributed by atoms with Gasteiger partial charge in [0.1, 0.15) is 0 Å². The van der Waals surface area contributed by atoms with E-state index < -0.39 is 12.3 Å². The smallest absolute Gasteiger partial charge is 0.305 e. The molecule has 0 aromatic heterocycles. The highest BCUT2D eigenvalue weighted by Gasteiger charge is 2.03. The molecule has 0 N–H and O–H groups in total. The Morgan fingerprint density at radius 3 is 2.38 bits per heavy atom. The molecule has 0 aromatic carbocycles. The van der Waals surface area contributed by atoms with Gasteiger partial charge in [-0.25, -0.2) is 0 Å². The number of rotatable bonds is 2. The fourth-order valence-electron chi connectivity index (χ4n) is 0.268. The SMILES string of the molecule is CCC([O])OC(C)=O. The van der Waals surface area contributed by atoms with Crippen LogP contribution in [0, 0.1) is 0 Å². The summed E-state index contributed by atoms with van der Waals surface area (Å²) in [6, 6.07) is 0. The van der Waals surface area contributed by atoms with Crippen molar-refractivity contribution in [2.75, 3.05) is 0 Å². The molecule has 0 saturated heterocycles. The first-order valence-electron chi connectivity index (χ1n) is 2.50. The second-order valence-corrected chi connectivity index (χ2v) is 1.45. The third-order valence-corrected chi connectivity index (χ3v) is 0.631. The van der Waals surface area contributed by atoms with Crippen molar-refractivity contribution < 1.29 is 14.6 Å². The van der Waals surface area contributed by atoms with E-state index in [0.29, 0.717) is 6.42 Å². The summed E-state index contributed by atoms with van der Waals surface area (Å²) in [6.45, 7) is 2.89. The molecule has 0 amide bonds. The summed E-state index contributed by atoms with van der Waals surface area (Å²) in [5, 5.41) is 10.3. The van der Waals surface area contributed by atoms with Crippen molar-refractivity contribution in [3.05, 3.63) is 0 Å². The third-order valence-electron chi connectivity index (χ3n) is 0.631. The molecule has 0 heterocycles. The van der Waals surface area contributed by atoms with Gasteiger partial charge in [-0.2, -0.15) is 5.11 Å². The normalized spacial score (nSPS) is 12.9. The second-order valence-electron chi connectivity index (χ2n) is 1.45. The maximum Gasteiger partial charge on any atom is 0.305 e. The number of carbonyl (C=O) groups excluding carboxylic acids is 1. The van der Waals surface area contributed by atoms with E-state index in [1.54, 1.807) is 6.92 Å². The summed E-state index contributed by atoms with van der Waals surface area (Å²) in [5.41, 5.74) is 0. The van der Waals surface area contributed by atoms with Gasteiger partial charge in [-0.3, -0.25) is 4.79 Å². The average Bonchev–Trinajstić information content (AvgIpc) is 1.65. The Hall–Kier alpha value is -0.570. The molecule has 1 radical (unpaired) electrons. The van der Waals surface area contributed by atoms with Crippen LogP contribution < -0.4 is 0 Å². The highest BCUT2D eigenvalue weighted by molar-refractivity contribution is 5.65. The van der Waals surface area contributed by atoms with Crippen LogP contribution in [-0.2, 0) is 14.6 Å². The van der Waals surface area contributed by atoms with Crippen molar-refractivity contribution in [3.63, 3.8) is 0 Å². The molecule has 47 valence electrons. The van der Waals surface area contributed by atoms with E-state index in [1.165, 1.54) is 6.92 Å². The zero-order valence-electron chi connectivity index (χ0n) is 5.01. The van der Waals surface area contributed by atoms with E-state index in [9.17, 15) is 9.90 Å². The van der Waals surface area contributed by atoms with E-state index in [2.05, 4.69) is 4.74 Å². The molecule has 0 aliphatic heterocycles. The molecular formula is C5H9O3. The number of carbonyl (C=O) groups is 1. The largest absolute Gasteiger partial charge is 0.433 e. The molecular weight excluding hydrogens is 108 g/mol. The lowest BCUT2D eigenvalue weighted by Crippen LogP contribution is -2.11. The predicted molar refractivity (Wildman–Crippen MR) is 26.5 cm³/mol. The lowest BCUT2D eigenvalue weighted by atomic mass is 10.5. The number of ether oxygens (including phenoxy) is 1. The summed E-state index contributed by atoms with van der Waals surface area (Å²) in [7, 11) is 0. The monoisotopic (exact) mass is 117 g/mol. The summed E-state index contributed by atoms with van der Waals surface area (Å²) in [5.74, 6) is -0.508. The summed E-state index contributed by atoms with van der Waals surface area (Å²) < 4.78 is 4.20. The van der Waals surface area contributed by atoms with Gasteiger partial charge in [-0.15, -0.1) is 0 Å².